The number of Topliss-reactive ketones (excluding diaryl/α,β-unsaturated/α-hetero) is 1. The van der Waals surface area contributed by atoms with E-state index >= 15 is 0 Å². The number of hydrogen-bond acceptors (Lipinski definition) is 6. The van der Waals surface area contributed by atoms with Gasteiger partial charge in [-0.3, -0.25) is 9.59 Å². The Balaban J connectivity index is 1.51. The molecule has 33 heavy (non-hydrogen) atoms. The van der Waals surface area contributed by atoms with Crippen molar-refractivity contribution < 1.29 is 14.0 Å². The van der Waals surface area contributed by atoms with E-state index < -0.39 is 0 Å². The number of carbonyl (C=O) groups is 2. The largest absolute Gasteiger partial charge is 0.379 e. The predicted molar refractivity (Wildman–Crippen MR) is 125 cm³/mol. The van der Waals surface area contributed by atoms with Crippen LogP contribution in [0.1, 0.15) is 51.7 Å². The maximum atomic E-state index is 13.5. The van der Waals surface area contributed by atoms with Gasteiger partial charge in [-0.05, 0) is 61.2 Å². The highest BCUT2D eigenvalue weighted by atomic mass is 19.1. The molecule has 1 aliphatic heterocycles. The normalized spacial score (nSPS) is 13.1. The molecular weight excluding hydrogens is 421 g/mol. The number of anilines is 3. The number of benzene rings is 2. The average Bonchev–Trinajstić information content (AvgIpc) is 3.32. The third-order valence-corrected chi connectivity index (χ3v) is 5.62. The smallest absolute Gasteiger partial charge is 0.254 e. The molecule has 1 fully saturated rings. The van der Waals surface area contributed by atoms with Crippen molar-refractivity contribution in [1.82, 2.24) is 15.1 Å². The fraction of sp³-hybridized carbons (Fsp3) is 0.280. The molecule has 2 heterocycles. The summed E-state index contributed by atoms with van der Waals surface area (Å²) in [6, 6.07) is 13.5. The molecule has 0 aliphatic carbocycles. The van der Waals surface area contributed by atoms with Crippen LogP contribution in [0.15, 0.2) is 48.5 Å². The highest BCUT2D eigenvalue weighted by molar-refractivity contribution is 5.98. The van der Waals surface area contributed by atoms with Crippen LogP contribution in [0.4, 0.5) is 21.6 Å². The summed E-state index contributed by atoms with van der Waals surface area (Å²) in [5, 5.41) is 14.5. The van der Waals surface area contributed by atoms with Gasteiger partial charge in [-0.15, -0.1) is 10.2 Å². The van der Waals surface area contributed by atoms with Crippen LogP contribution < -0.4 is 10.6 Å². The molecule has 1 aliphatic rings. The fourth-order valence-corrected chi connectivity index (χ4v) is 3.91. The van der Waals surface area contributed by atoms with E-state index in [1.165, 1.54) is 19.1 Å². The summed E-state index contributed by atoms with van der Waals surface area (Å²) in [7, 11) is 0. The standard InChI is InChI=1S/C25H26FN5O2/c1-16-12-20(8-9-21(16)25(33)31-10-3-4-11-31)28-23-14-22(24(17(2)32)30-29-23)27-15-18-6-5-7-19(26)13-18/h5-9,12-14H,3-4,10-11,15H2,1-2H3,(H2,27,28,29). The number of nitrogens with one attached hydrogen (secondary N) is 2. The quantitative estimate of drug-likeness (QED) is 0.510. The van der Waals surface area contributed by atoms with Gasteiger partial charge in [-0.25, -0.2) is 4.39 Å². The number of hydrogen-bond donors (Lipinski definition) is 2. The number of ketones is 1. The second kappa shape index (κ2) is 9.77. The molecule has 3 aromatic rings. The summed E-state index contributed by atoms with van der Waals surface area (Å²) in [6.07, 6.45) is 2.10. The molecule has 0 saturated carbocycles. The second-order valence-corrected chi connectivity index (χ2v) is 8.19. The van der Waals surface area contributed by atoms with Gasteiger partial charge in [0.2, 0.25) is 0 Å². The monoisotopic (exact) mass is 447 g/mol. The molecule has 8 heteroatoms. The first-order valence-electron chi connectivity index (χ1n) is 10.9. The van der Waals surface area contributed by atoms with Crippen molar-refractivity contribution in [2.24, 2.45) is 0 Å². The Kier molecular flexibility index (Phi) is 6.63. The first kappa shape index (κ1) is 22.4. The Hall–Kier alpha value is -3.81. The minimum absolute atomic E-state index is 0.0611. The van der Waals surface area contributed by atoms with Crippen molar-refractivity contribution >= 4 is 28.9 Å². The van der Waals surface area contributed by atoms with Gasteiger partial charge in [0.15, 0.2) is 17.3 Å². The second-order valence-electron chi connectivity index (χ2n) is 8.19. The minimum atomic E-state index is -0.321. The topological polar surface area (TPSA) is 87.2 Å². The SMILES string of the molecule is CC(=O)c1nnc(Nc2ccc(C(=O)N3CCCC3)c(C)c2)cc1NCc1cccc(F)c1. The molecule has 170 valence electrons. The zero-order valence-electron chi connectivity index (χ0n) is 18.7. The first-order chi connectivity index (χ1) is 15.9. The summed E-state index contributed by atoms with van der Waals surface area (Å²) >= 11 is 0. The lowest BCUT2D eigenvalue weighted by Gasteiger charge is -2.17. The number of rotatable bonds is 7. The van der Waals surface area contributed by atoms with E-state index in [4.69, 9.17) is 0 Å². The van der Waals surface area contributed by atoms with Crippen molar-refractivity contribution in [3.8, 4) is 0 Å². The zero-order valence-corrected chi connectivity index (χ0v) is 18.7. The Bertz CT molecular complexity index is 1190. The zero-order chi connectivity index (χ0) is 23.4. The van der Waals surface area contributed by atoms with Gasteiger partial charge in [0.1, 0.15) is 5.82 Å². The highest BCUT2D eigenvalue weighted by Crippen LogP contribution is 2.24. The van der Waals surface area contributed by atoms with Crippen LogP contribution >= 0.6 is 0 Å². The maximum Gasteiger partial charge on any atom is 0.254 e. The van der Waals surface area contributed by atoms with Gasteiger partial charge < -0.3 is 15.5 Å². The van der Waals surface area contributed by atoms with Crippen LogP contribution in [0.5, 0.6) is 0 Å². The van der Waals surface area contributed by atoms with Gasteiger partial charge in [-0.2, -0.15) is 0 Å². The minimum Gasteiger partial charge on any atom is -0.379 e. The van der Waals surface area contributed by atoms with E-state index in [2.05, 4.69) is 20.8 Å². The summed E-state index contributed by atoms with van der Waals surface area (Å²) < 4.78 is 13.5. The predicted octanol–water partition coefficient (Wildman–Crippen LogP) is 4.72. The Morgan fingerprint density at radius 3 is 2.55 bits per heavy atom. The van der Waals surface area contributed by atoms with Gasteiger partial charge in [0, 0.05) is 43.9 Å². The summed E-state index contributed by atoms with van der Waals surface area (Å²) in [5.74, 6) is -0.0412. The number of nitrogens with zero attached hydrogens (tertiary/aromatic N) is 3. The summed E-state index contributed by atoms with van der Waals surface area (Å²) in [6.45, 7) is 5.27. The van der Waals surface area contributed by atoms with E-state index in [1.54, 1.807) is 18.2 Å². The van der Waals surface area contributed by atoms with Gasteiger partial charge in [0.25, 0.3) is 5.91 Å². The van der Waals surface area contributed by atoms with Crippen LogP contribution in [0, 0.1) is 12.7 Å². The molecule has 1 amide bonds. The van der Waals surface area contributed by atoms with Gasteiger partial charge >= 0.3 is 0 Å². The number of amides is 1. The molecule has 0 unspecified atom stereocenters. The summed E-state index contributed by atoms with van der Waals surface area (Å²) in [4.78, 5) is 26.6. The van der Waals surface area contributed by atoms with E-state index in [-0.39, 0.29) is 23.2 Å². The van der Waals surface area contributed by atoms with Crippen LogP contribution in [0.2, 0.25) is 0 Å². The number of aryl methyl sites for hydroxylation is 1. The molecule has 0 atom stereocenters. The summed E-state index contributed by atoms with van der Waals surface area (Å²) in [5.41, 5.74) is 3.77. The molecule has 4 rings (SSSR count). The van der Waals surface area contributed by atoms with Crippen LogP contribution in [-0.4, -0.2) is 39.9 Å². The molecule has 7 nitrogen and oxygen atoms in total. The Labute approximate surface area is 192 Å². The Morgan fingerprint density at radius 1 is 1.06 bits per heavy atom. The molecule has 0 spiro atoms. The molecule has 0 radical (unpaired) electrons. The molecule has 1 saturated heterocycles. The van der Waals surface area contributed by atoms with Gasteiger partial charge in [-0.1, -0.05) is 12.1 Å². The van der Waals surface area contributed by atoms with Crippen molar-refractivity contribution in [2.75, 3.05) is 23.7 Å². The fourth-order valence-electron chi connectivity index (χ4n) is 3.91. The molecular formula is C25H26FN5O2. The maximum absolute atomic E-state index is 13.5. The third kappa shape index (κ3) is 5.34. The third-order valence-electron chi connectivity index (χ3n) is 5.62. The number of carbonyl (C=O) groups excluding carboxylic acids is 2. The molecule has 2 N–H and O–H groups in total. The molecule has 2 aromatic carbocycles. The van der Waals surface area contributed by atoms with Crippen molar-refractivity contribution in [2.45, 2.75) is 33.2 Å². The lowest BCUT2D eigenvalue weighted by Crippen LogP contribution is -2.28. The van der Waals surface area contributed by atoms with Crippen molar-refractivity contribution in [3.05, 3.63) is 76.7 Å². The van der Waals surface area contributed by atoms with Crippen LogP contribution in [0.25, 0.3) is 0 Å². The lowest BCUT2D eigenvalue weighted by molar-refractivity contribution is 0.0792. The molecule has 0 bridgehead atoms. The van der Waals surface area contributed by atoms with E-state index in [9.17, 15) is 14.0 Å². The Morgan fingerprint density at radius 2 is 1.85 bits per heavy atom. The van der Waals surface area contributed by atoms with Crippen molar-refractivity contribution in [1.29, 1.82) is 0 Å². The van der Waals surface area contributed by atoms with Crippen LogP contribution in [-0.2, 0) is 6.54 Å². The number of aromatic nitrogens is 2. The van der Waals surface area contributed by atoms with Gasteiger partial charge in [0.05, 0.1) is 5.69 Å². The number of halogens is 1. The van der Waals surface area contributed by atoms with Crippen LogP contribution in [0.3, 0.4) is 0 Å². The average molecular weight is 448 g/mol. The number of likely N-dealkylation sites (tertiary alicyclic amines) is 1. The highest BCUT2D eigenvalue weighted by Gasteiger charge is 2.21. The molecule has 1 aromatic heterocycles. The van der Waals surface area contributed by atoms with E-state index in [0.29, 0.717) is 23.6 Å². The van der Waals surface area contributed by atoms with E-state index in [0.717, 1.165) is 42.7 Å². The van der Waals surface area contributed by atoms with Crippen molar-refractivity contribution in [3.63, 3.8) is 0 Å². The van der Waals surface area contributed by atoms with E-state index in [1.807, 2.05) is 30.0 Å². The first-order valence-corrected chi connectivity index (χ1v) is 10.9. The lowest BCUT2D eigenvalue weighted by atomic mass is 10.1.